The van der Waals surface area contributed by atoms with E-state index in [1.54, 1.807) is 0 Å². The van der Waals surface area contributed by atoms with Crippen molar-refractivity contribution in [1.29, 1.82) is 0 Å². The number of hydrogen-bond donors (Lipinski definition) is 1. The summed E-state index contributed by atoms with van der Waals surface area (Å²) in [5.74, 6) is 0. The van der Waals surface area contributed by atoms with Crippen LogP contribution in [0.1, 0.15) is 32.8 Å². The third kappa shape index (κ3) is 5.85. The fourth-order valence-electron chi connectivity index (χ4n) is 1.69. The maximum Gasteiger partial charge on any atom is 0.0697 e. The van der Waals surface area contributed by atoms with Crippen LogP contribution in [0.15, 0.2) is 30.3 Å². The molecule has 1 rings (SSSR count). The highest BCUT2D eigenvalue weighted by Crippen LogP contribution is 2.03. The molecule has 0 heterocycles. The first-order chi connectivity index (χ1) is 8.24. The van der Waals surface area contributed by atoms with Crippen LogP contribution in [0.25, 0.3) is 0 Å². The molecule has 0 aliphatic carbocycles. The number of ether oxygens (including phenoxy) is 1. The molecule has 0 fully saturated rings. The van der Waals surface area contributed by atoms with Crippen molar-refractivity contribution in [3.05, 3.63) is 35.9 Å². The predicted molar refractivity (Wildman–Crippen MR) is 73.3 cm³/mol. The molecule has 0 saturated carbocycles. The Bertz CT molecular complexity index is 286. The summed E-state index contributed by atoms with van der Waals surface area (Å²) in [7, 11) is 0. The van der Waals surface area contributed by atoms with Crippen molar-refractivity contribution in [3.8, 4) is 0 Å². The zero-order valence-corrected chi connectivity index (χ0v) is 11.3. The number of hydrogen-bond acceptors (Lipinski definition) is 2. The summed E-state index contributed by atoms with van der Waals surface area (Å²) in [4.78, 5) is 0. The van der Waals surface area contributed by atoms with Crippen molar-refractivity contribution >= 4 is 0 Å². The molecule has 1 aromatic rings. The van der Waals surface area contributed by atoms with Gasteiger partial charge >= 0.3 is 0 Å². The number of rotatable bonds is 8. The van der Waals surface area contributed by atoms with E-state index in [0.29, 0.717) is 6.04 Å². The SMILES string of the molecule is CCCNC(C)C(C)OCCc1ccccc1. The first-order valence-corrected chi connectivity index (χ1v) is 6.63. The Kier molecular flexibility index (Phi) is 6.90. The zero-order chi connectivity index (χ0) is 12.5. The van der Waals surface area contributed by atoms with E-state index in [-0.39, 0.29) is 6.10 Å². The third-order valence-corrected chi connectivity index (χ3v) is 3.03. The zero-order valence-electron chi connectivity index (χ0n) is 11.3. The summed E-state index contributed by atoms with van der Waals surface area (Å²) in [6.45, 7) is 8.36. The van der Waals surface area contributed by atoms with Crippen molar-refractivity contribution in [1.82, 2.24) is 5.32 Å². The lowest BCUT2D eigenvalue weighted by molar-refractivity contribution is 0.0454. The van der Waals surface area contributed by atoms with E-state index in [9.17, 15) is 0 Å². The lowest BCUT2D eigenvalue weighted by atomic mass is 10.1. The number of nitrogens with one attached hydrogen (secondary N) is 1. The highest BCUT2D eigenvalue weighted by Gasteiger charge is 2.10. The maximum absolute atomic E-state index is 5.84. The van der Waals surface area contributed by atoms with E-state index in [2.05, 4.69) is 50.4 Å². The summed E-state index contributed by atoms with van der Waals surface area (Å²) < 4.78 is 5.84. The first kappa shape index (κ1) is 14.2. The molecule has 1 N–H and O–H groups in total. The Morgan fingerprint density at radius 3 is 2.53 bits per heavy atom. The molecular formula is C15H25NO. The molecule has 2 nitrogen and oxygen atoms in total. The molecule has 0 radical (unpaired) electrons. The van der Waals surface area contributed by atoms with Crippen molar-refractivity contribution < 1.29 is 4.74 Å². The van der Waals surface area contributed by atoms with Gasteiger partial charge in [0.1, 0.15) is 0 Å². The molecule has 0 aliphatic rings. The fraction of sp³-hybridized carbons (Fsp3) is 0.600. The summed E-state index contributed by atoms with van der Waals surface area (Å²) in [5.41, 5.74) is 1.34. The molecule has 17 heavy (non-hydrogen) atoms. The molecule has 0 amide bonds. The highest BCUT2D eigenvalue weighted by molar-refractivity contribution is 5.14. The molecule has 96 valence electrons. The molecule has 2 heteroatoms. The van der Waals surface area contributed by atoms with Gasteiger partial charge in [0, 0.05) is 6.04 Å². The molecule has 0 bridgehead atoms. The second-order valence-corrected chi connectivity index (χ2v) is 4.55. The van der Waals surface area contributed by atoms with E-state index in [1.165, 1.54) is 12.0 Å². The van der Waals surface area contributed by atoms with Gasteiger partial charge in [0.05, 0.1) is 12.7 Å². The van der Waals surface area contributed by atoms with E-state index in [0.717, 1.165) is 19.6 Å². The maximum atomic E-state index is 5.84. The monoisotopic (exact) mass is 235 g/mol. The fourth-order valence-corrected chi connectivity index (χ4v) is 1.69. The molecule has 0 spiro atoms. The molecule has 0 aromatic heterocycles. The highest BCUT2D eigenvalue weighted by atomic mass is 16.5. The Morgan fingerprint density at radius 2 is 1.88 bits per heavy atom. The van der Waals surface area contributed by atoms with Gasteiger partial charge in [-0.2, -0.15) is 0 Å². The van der Waals surface area contributed by atoms with Crippen molar-refractivity contribution in [2.45, 2.75) is 45.8 Å². The summed E-state index contributed by atoms with van der Waals surface area (Å²) in [6, 6.07) is 10.9. The van der Waals surface area contributed by atoms with Crippen LogP contribution in [0.2, 0.25) is 0 Å². The predicted octanol–water partition coefficient (Wildman–Crippen LogP) is 3.02. The minimum Gasteiger partial charge on any atom is -0.377 e. The van der Waals surface area contributed by atoms with Gasteiger partial charge in [-0.1, -0.05) is 37.3 Å². The second kappa shape index (κ2) is 8.26. The van der Waals surface area contributed by atoms with Gasteiger partial charge in [0.2, 0.25) is 0 Å². The molecule has 0 saturated heterocycles. The summed E-state index contributed by atoms with van der Waals surface area (Å²) in [6.07, 6.45) is 2.43. The molecule has 1 aromatic carbocycles. The standard InChI is InChI=1S/C15H25NO/c1-4-11-16-13(2)14(3)17-12-10-15-8-6-5-7-9-15/h5-9,13-14,16H,4,10-12H2,1-3H3. The molecular weight excluding hydrogens is 210 g/mol. The van der Waals surface area contributed by atoms with Crippen molar-refractivity contribution in [3.63, 3.8) is 0 Å². The molecule has 2 atom stereocenters. The third-order valence-electron chi connectivity index (χ3n) is 3.03. The van der Waals surface area contributed by atoms with Crippen LogP contribution in [0.4, 0.5) is 0 Å². The van der Waals surface area contributed by atoms with Gasteiger partial charge in [0.25, 0.3) is 0 Å². The Balaban J connectivity index is 2.17. The molecule has 2 unspecified atom stereocenters. The molecule has 0 aliphatic heterocycles. The quantitative estimate of drug-likeness (QED) is 0.748. The van der Waals surface area contributed by atoms with Gasteiger partial charge < -0.3 is 10.1 Å². The lowest BCUT2D eigenvalue weighted by Gasteiger charge is -2.21. The van der Waals surface area contributed by atoms with Gasteiger partial charge in [-0.05, 0) is 38.8 Å². The Labute approximate surface area is 105 Å². The average molecular weight is 235 g/mol. The van der Waals surface area contributed by atoms with E-state index in [4.69, 9.17) is 4.74 Å². The van der Waals surface area contributed by atoms with Crippen molar-refractivity contribution in [2.24, 2.45) is 0 Å². The van der Waals surface area contributed by atoms with E-state index in [1.807, 2.05) is 6.07 Å². The smallest absolute Gasteiger partial charge is 0.0697 e. The number of benzene rings is 1. The van der Waals surface area contributed by atoms with E-state index >= 15 is 0 Å². The van der Waals surface area contributed by atoms with Gasteiger partial charge in [0.15, 0.2) is 0 Å². The van der Waals surface area contributed by atoms with Crippen LogP contribution >= 0.6 is 0 Å². The summed E-state index contributed by atoms with van der Waals surface area (Å²) >= 11 is 0. The van der Waals surface area contributed by atoms with Crippen LogP contribution in [-0.2, 0) is 11.2 Å². The minimum absolute atomic E-state index is 0.269. The van der Waals surface area contributed by atoms with Crippen LogP contribution in [-0.4, -0.2) is 25.3 Å². The Morgan fingerprint density at radius 1 is 1.18 bits per heavy atom. The Hall–Kier alpha value is -0.860. The van der Waals surface area contributed by atoms with Gasteiger partial charge in [-0.3, -0.25) is 0 Å². The topological polar surface area (TPSA) is 21.3 Å². The second-order valence-electron chi connectivity index (χ2n) is 4.55. The van der Waals surface area contributed by atoms with Crippen LogP contribution in [0.5, 0.6) is 0 Å². The average Bonchev–Trinajstić information content (AvgIpc) is 2.37. The van der Waals surface area contributed by atoms with E-state index < -0.39 is 0 Å². The van der Waals surface area contributed by atoms with Crippen LogP contribution in [0, 0.1) is 0 Å². The normalized spacial score (nSPS) is 14.5. The largest absolute Gasteiger partial charge is 0.377 e. The van der Waals surface area contributed by atoms with Crippen LogP contribution in [0.3, 0.4) is 0 Å². The van der Waals surface area contributed by atoms with Crippen molar-refractivity contribution in [2.75, 3.05) is 13.2 Å². The first-order valence-electron chi connectivity index (χ1n) is 6.63. The van der Waals surface area contributed by atoms with Gasteiger partial charge in [-0.15, -0.1) is 0 Å². The minimum atomic E-state index is 0.269. The van der Waals surface area contributed by atoms with Crippen LogP contribution < -0.4 is 5.32 Å². The summed E-state index contributed by atoms with van der Waals surface area (Å²) in [5, 5.41) is 3.46. The van der Waals surface area contributed by atoms with Gasteiger partial charge in [-0.25, -0.2) is 0 Å². The lowest BCUT2D eigenvalue weighted by Crippen LogP contribution is -2.37.